The molecule has 0 heterocycles. The average molecular weight is 596 g/mol. The molecule has 0 saturated heterocycles. The SMILES string of the molecule is CCCCNC(=O)[C@H](Cc1ccccc1)N(Cc1ccccc1F)C(=O)CCCN(c1cc(C)cc(C)c1)S(C)(=O)=O. The summed E-state index contributed by atoms with van der Waals surface area (Å²) < 4.78 is 41.5. The van der Waals surface area contributed by atoms with Crippen molar-refractivity contribution in [3.05, 3.63) is 101 Å². The summed E-state index contributed by atoms with van der Waals surface area (Å²) in [7, 11) is -3.61. The third-order valence-electron chi connectivity index (χ3n) is 7.05. The number of rotatable bonds is 15. The van der Waals surface area contributed by atoms with E-state index in [1.807, 2.05) is 57.2 Å². The molecule has 3 aromatic carbocycles. The molecule has 0 fully saturated rings. The van der Waals surface area contributed by atoms with Crippen molar-refractivity contribution in [2.45, 2.75) is 65.5 Å². The van der Waals surface area contributed by atoms with Gasteiger partial charge >= 0.3 is 0 Å². The molecule has 226 valence electrons. The van der Waals surface area contributed by atoms with Crippen LogP contribution < -0.4 is 9.62 Å². The second-order valence-electron chi connectivity index (χ2n) is 10.7. The standard InChI is InChI=1S/C33H42FN3O4S/c1-5-6-18-35-33(39)31(23-27-13-8-7-9-14-27)36(24-28-15-10-11-16-30(28)34)32(38)17-12-19-37(42(4,40)41)29-21-25(2)20-26(3)22-29/h7-11,13-16,20-22,31H,5-6,12,17-19,23-24H2,1-4H3,(H,35,39)/t31-/m0/s1. The van der Waals surface area contributed by atoms with Crippen LogP contribution >= 0.6 is 0 Å². The van der Waals surface area contributed by atoms with Gasteiger partial charge in [-0.2, -0.15) is 0 Å². The maximum Gasteiger partial charge on any atom is 0.243 e. The highest BCUT2D eigenvalue weighted by Crippen LogP contribution is 2.23. The molecule has 3 rings (SSSR count). The lowest BCUT2D eigenvalue weighted by Gasteiger charge is -2.32. The van der Waals surface area contributed by atoms with E-state index in [9.17, 15) is 22.4 Å². The topological polar surface area (TPSA) is 86.8 Å². The summed E-state index contributed by atoms with van der Waals surface area (Å²) in [5.41, 5.74) is 3.59. The number of benzene rings is 3. The van der Waals surface area contributed by atoms with Gasteiger partial charge in [0.15, 0.2) is 0 Å². The molecule has 0 aromatic heterocycles. The largest absolute Gasteiger partial charge is 0.354 e. The molecule has 0 bridgehead atoms. The van der Waals surface area contributed by atoms with Crippen LogP contribution in [0.3, 0.4) is 0 Å². The first kappa shape index (κ1) is 32.8. The fourth-order valence-electron chi connectivity index (χ4n) is 4.97. The molecule has 0 unspecified atom stereocenters. The Morgan fingerprint density at radius 1 is 0.929 bits per heavy atom. The van der Waals surface area contributed by atoms with E-state index in [0.29, 0.717) is 17.8 Å². The van der Waals surface area contributed by atoms with Gasteiger partial charge in [0.1, 0.15) is 11.9 Å². The Morgan fingerprint density at radius 3 is 2.19 bits per heavy atom. The molecule has 1 atom stereocenters. The van der Waals surface area contributed by atoms with Gasteiger partial charge in [0, 0.05) is 38.0 Å². The van der Waals surface area contributed by atoms with Crippen LogP contribution in [-0.2, 0) is 32.6 Å². The van der Waals surface area contributed by atoms with Gasteiger partial charge in [-0.15, -0.1) is 0 Å². The Balaban J connectivity index is 1.89. The molecule has 0 aliphatic rings. The minimum absolute atomic E-state index is 0.0151. The lowest BCUT2D eigenvalue weighted by atomic mass is 10.0. The molecule has 0 radical (unpaired) electrons. The Bertz CT molecular complexity index is 1430. The van der Waals surface area contributed by atoms with E-state index in [1.54, 1.807) is 30.3 Å². The number of carbonyl (C=O) groups excluding carboxylic acids is 2. The van der Waals surface area contributed by atoms with Crippen LogP contribution in [0.5, 0.6) is 0 Å². The predicted octanol–water partition coefficient (Wildman–Crippen LogP) is 5.55. The summed E-state index contributed by atoms with van der Waals surface area (Å²) in [5, 5.41) is 2.95. The van der Waals surface area contributed by atoms with Crippen molar-refractivity contribution < 1.29 is 22.4 Å². The summed E-state index contributed by atoms with van der Waals surface area (Å²) in [5.74, 6) is -1.11. The van der Waals surface area contributed by atoms with E-state index in [2.05, 4.69) is 5.32 Å². The van der Waals surface area contributed by atoms with E-state index in [1.165, 1.54) is 15.3 Å². The van der Waals surface area contributed by atoms with Crippen LogP contribution in [0.25, 0.3) is 0 Å². The molecule has 0 spiro atoms. The fraction of sp³-hybridized carbons (Fsp3) is 0.394. The van der Waals surface area contributed by atoms with Gasteiger partial charge in [0.2, 0.25) is 21.8 Å². The number of hydrogen-bond donors (Lipinski definition) is 1. The number of sulfonamides is 1. The first-order chi connectivity index (χ1) is 20.0. The summed E-state index contributed by atoms with van der Waals surface area (Å²) in [6.07, 6.45) is 3.31. The number of hydrogen-bond acceptors (Lipinski definition) is 4. The Labute approximate surface area is 249 Å². The second kappa shape index (κ2) is 15.5. The maximum absolute atomic E-state index is 14.8. The van der Waals surface area contributed by atoms with Gasteiger partial charge in [-0.3, -0.25) is 13.9 Å². The van der Waals surface area contributed by atoms with Gasteiger partial charge in [-0.05, 0) is 61.6 Å². The number of amides is 2. The highest BCUT2D eigenvalue weighted by molar-refractivity contribution is 7.92. The van der Waals surface area contributed by atoms with Crippen molar-refractivity contribution in [3.8, 4) is 0 Å². The van der Waals surface area contributed by atoms with Crippen LogP contribution in [0.1, 0.15) is 54.9 Å². The van der Waals surface area contributed by atoms with Crippen LogP contribution in [0.4, 0.5) is 10.1 Å². The minimum Gasteiger partial charge on any atom is -0.354 e. The van der Waals surface area contributed by atoms with Crippen molar-refractivity contribution in [2.24, 2.45) is 0 Å². The Morgan fingerprint density at radius 2 is 1.57 bits per heavy atom. The number of nitrogens with one attached hydrogen (secondary N) is 1. The Kier molecular flexibility index (Phi) is 12.1. The predicted molar refractivity (Wildman–Crippen MR) is 166 cm³/mol. The number of aryl methyl sites for hydroxylation is 2. The van der Waals surface area contributed by atoms with E-state index in [0.717, 1.165) is 35.8 Å². The van der Waals surface area contributed by atoms with Crippen LogP contribution in [0.15, 0.2) is 72.8 Å². The third-order valence-corrected chi connectivity index (χ3v) is 8.24. The summed E-state index contributed by atoms with van der Waals surface area (Å²) in [6.45, 7) is 6.31. The fourth-order valence-corrected chi connectivity index (χ4v) is 5.92. The molecule has 7 nitrogen and oxygen atoms in total. The monoisotopic (exact) mass is 595 g/mol. The quantitative estimate of drug-likeness (QED) is 0.234. The van der Waals surface area contributed by atoms with Gasteiger partial charge < -0.3 is 10.2 Å². The first-order valence-corrected chi connectivity index (χ1v) is 16.2. The van der Waals surface area contributed by atoms with Crippen molar-refractivity contribution in [1.82, 2.24) is 10.2 Å². The zero-order valence-corrected chi connectivity index (χ0v) is 25.8. The summed E-state index contributed by atoms with van der Waals surface area (Å²) in [4.78, 5) is 28.8. The molecule has 0 aliphatic carbocycles. The number of anilines is 1. The van der Waals surface area contributed by atoms with E-state index < -0.39 is 21.9 Å². The molecule has 42 heavy (non-hydrogen) atoms. The van der Waals surface area contributed by atoms with Gasteiger partial charge in [-0.1, -0.05) is 67.9 Å². The van der Waals surface area contributed by atoms with Crippen molar-refractivity contribution in [2.75, 3.05) is 23.7 Å². The lowest BCUT2D eigenvalue weighted by molar-refractivity contribution is -0.141. The molecule has 0 aliphatic heterocycles. The van der Waals surface area contributed by atoms with Crippen LogP contribution in [0, 0.1) is 19.7 Å². The highest BCUT2D eigenvalue weighted by Gasteiger charge is 2.31. The average Bonchev–Trinajstić information content (AvgIpc) is 2.93. The van der Waals surface area contributed by atoms with Crippen LogP contribution in [-0.4, -0.2) is 50.5 Å². The van der Waals surface area contributed by atoms with Crippen LogP contribution in [0.2, 0.25) is 0 Å². The number of unbranched alkanes of at least 4 members (excludes halogenated alkanes) is 1. The van der Waals surface area contributed by atoms with E-state index >= 15 is 0 Å². The summed E-state index contributed by atoms with van der Waals surface area (Å²) in [6, 6.07) is 20.3. The second-order valence-corrected chi connectivity index (χ2v) is 12.7. The van der Waals surface area contributed by atoms with E-state index in [4.69, 9.17) is 0 Å². The lowest BCUT2D eigenvalue weighted by Crippen LogP contribution is -2.50. The third kappa shape index (κ3) is 9.69. The summed E-state index contributed by atoms with van der Waals surface area (Å²) >= 11 is 0. The Hall–Kier alpha value is -3.72. The molecule has 2 amide bonds. The number of nitrogens with zero attached hydrogens (tertiary/aromatic N) is 2. The molecule has 3 aromatic rings. The first-order valence-electron chi connectivity index (χ1n) is 14.4. The van der Waals surface area contributed by atoms with Crippen molar-refractivity contribution in [1.29, 1.82) is 0 Å². The molecular weight excluding hydrogens is 553 g/mol. The minimum atomic E-state index is -3.61. The number of halogens is 1. The zero-order chi connectivity index (χ0) is 30.7. The van der Waals surface area contributed by atoms with Gasteiger partial charge in [0.05, 0.1) is 11.9 Å². The smallest absolute Gasteiger partial charge is 0.243 e. The zero-order valence-electron chi connectivity index (χ0n) is 25.0. The van der Waals surface area contributed by atoms with E-state index in [-0.39, 0.29) is 44.2 Å². The normalized spacial score (nSPS) is 12.0. The van der Waals surface area contributed by atoms with Crippen molar-refractivity contribution in [3.63, 3.8) is 0 Å². The molecule has 9 heteroatoms. The molecular formula is C33H42FN3O4S. The van der Waals surface area contributed by atoms with Crippen molar-refractivity contribution >= 4 is 27.5 Å². The highest BCUT2D eigenvalue weighted by atomic mass is 32.2. The molecule has 0 saturated carbocycles. The number of carbonyl (C=O) groups is 2. The van der Waals surface area contributed by atoms with Gasteiger partial charge in [0.25, 0.3) is 0 Å². The van der Waals surface area contributed by atoms with Gasteiger partial charge in [-0.25, -0.2) is 12.8 Å². The maximum atomic E-state index is 14.8. The molecule has 1 N–H and O–H groups in total.